The van der Waals surface area contributed by atoms with E-state index < -0.39 is 0 Å². The van der Waals surface area contributed by atoms with Gasteiger partial charge in [0.15, 0.2) is 0 Å². The highest BCUT2D eigenvalue weighted by Gasteiger charge is 2.40. The van der Waals surface area contributed by atoms with Crippen molar-refractivity contribution < 1.29 is 4.74 Å². The topological polar surface area (TPSA) is 21.3 Å². The van der Waals surface area contributed by atoms with E-state index in [0.29, 0.717) is 18.2 Å². The number of rotatable bonds is 2. The quantitative estimate of drug-likeness (QED) is 0.780. The fourth-order valence-corrected chi connectivity index (χ4v) is 2.70. The van der Waals surface area contributed by atoms with Gasteiger partial charge in [-0.1, -0.05) is 30.0 Å². The van der Waals surface area contributed by atoms with E-state index in [1.54, 1.807) is 0 Å². The Morgan fingerprint density at radius 3 is 2.82 bits per heavy atom. The molecule has 0 amide bonds. The van der Waals surface area contributed by atoms with Gasteiger partial charge in [0.25, 0.3) is 0 Å². The maximum Gasteiger partial charge on any atom is 0.0734 e. The van der Waals surface area contributed by atoms with E-state index in [9.17, 15) is 0 Å². The molecule has 2 bridgehead atoms. The molecule has 2 aliphatic rings. The van der Waals surface area contributed by atoms with Crippen molar-refractivity contribution in [3.63, 3.8) is 0 Å². The van der Waals surface area contributed by atoms with Crippen LogP contribution in [0.25, 0.3) is 0 Å². The first kappa shape index (κ1) is 10.8. The van der Waals surface area contributed by atoms with Crippen molar-refractivity contribution in [1.82, 2.24) is 5.32 Å². The second-order valence-electron chi connectivity index (χ2n) is 4.76. The standard InChI is InChI=1S/C15H17NO/c1-2-5-12(6-3-1)7-4-10-16-14-11-13-8-9-15(14)17-13/h1-3,5-6,13-16H,8-11H2. The Balaban J connectivity index is 1.48. The fourth-order valence-electron chi connectivity index (χ4n) is 2.70. The van der Waals surface area contributed by atoms with Gasteiger partial charge in [-0.3, -0.25) is 0 Å². The molecule has 2 heteroatoms. The maximum absolute atomic E-state index is 5.79. The van der Waals surface area contributed by atoms with Crippen LogP contribution in [0.4, 0.5) is 0 Å². The van der Waals surface area contributed by atoms with Crippen LogP contribution in [-0.4, -0.2) is 24.8 Å². The van der Waals surface area contributed by atoms with Gasteiger partial charge in [0.1, 0.15) is 0 Å². The molecule has 88 valence electrons. The predicted octanol–water partition coefficient (Wildman–Crippen LogP) is 1.95. The van der Waals surface area contributed by atoms with Gasteiger partial charge < -0.3 is 10.1 Å². The van der Waals surface area contributed by atoms with E-state index in [4.69, 9.17) is 4.74 Å². The van der Waals surface area contributed by atoms with Crippen LogP contribution in [0.3, 0.4) is 0 Å². The van der Waals surface area contributed by atoms with Crippen molar-refractivity contribution in [3.05, 3.63) is 35.9 Å². The molecule has 3 unspecified atom stereocenters. The average Bonchev–Trinajstić information content (AvgIpc) is 2.98. The van der Waals surface area contributed by atoms with Gasteiger partial charge in [-0.2, -0.15) is 0 Å². The fraction of sp³-hybridized carbons (Fsp3) is 0.467. The van der Waals surface area contributed by atoms with Gasteiger partial charge >= 0.3 is 0 Å². The molecule has 1 N–H and O–H groups in total. The normalized spacial score (nSPS) is 30.0. The third-order valence-corrected chi connectivity index (χ3v) is 3.57. The Labute approximate surface area is 102 Å². The minimum absolute atomic E-state index is 0.443. The summed E-state index contributed by atoms with van der Waals surface area (Å²) >= 11 is 0. The Morgan fingerprint density at radius 2 is 2.12 bits per heavy atom. The average molecular weight is 227 g/mol. The zero-order valence-electron chi connectivity index (χ0n) is 9.86. The second-order valence-corrected chi connectivity index (χ2v) is 4.76. The zero-order valence-corrected chi connectivity index (χ0v) is 9.86. The van der Waals surface area contributed by atoms with E-state index in [0.717, 1.165) is 18.5 Å². The summed E-state index contributed by atoms with van der Waals surface area (Å²) in [6.45, 7) is 0.756. The second kappa shape index (κ2) is 4.91. The molecule has 17 heavy (non-hydrogen) atoms. The van der Waals surface area contributed by atoms with Crippen LogP contribution in [0.1, 0.15) is 24.8 Å². The van der Waals surface area contributed by atoms with Crippen molar-refractivity contribution in [3.8, 4) is 11.8 Å². The summed E-state index contributed by atoms with van der Waals surface area (Å²) in [5.41, 5.74) is 1.08. The van der Waals surface area contributed by atoms with Crippen LogP contribution in [0.5, 0.6) is 0 Å². The molecule has 2 saturated heterocycles. The van der Waals surface area contributed by atoms with Crippen LogP contribution in [0, 0.1) is 11.8 Å². The number of nitrogens with one attached hydrogen (secondary N) is 1. The number of hydrogen-bond acceptors (Lipinski definition) is 2. The number of fused-ring (bicyclic) bond motifs is 2. The van der Waals surface area contributed by atoms with Gasteiger partial charge in [-0.15, -0.1) is 0 Å². The summed E-state index contributed by atoms with van der Waals surface area (Å²) in [6.07, 6.45) is 4.59. The van der Waals surface area contributed by atoms with Crippen LogP contribution in [0.2, 0.25) is 0 Å². The van der Waals surface area contributed by atoms with Gasteiger partial charge in [-0.05, 0) is 31.4 Å². The van der Waals surface area contributed by atoms with Crippen molar-refractivity contribution in [2.24, 2.45) is 0 Å². The molecule has 0 saturated carbocycles. The Morgan fingerprint density at radius 1 is 1.24 bits per heavy atom. The summed E-state index contributed by atoms with van der Waals surface area (Å²) in [4.78, 5) is 0. The summed E-state index contributed by atoms with van der Waals surface area (Å²) in [5.74, 6) is 6.33. The maximum atomic E-state index is 5.79. The summed E-state index contributed by atoms with van der Waals surface area (Å²) in [7, 11) is 0. The largest absolute Gasteiger partial charge is 0.373 e. The Kier molecular flexibility index (Phi) is 3.13. The monoisotopic (exact) mass is 227 g/mol. The van der Waals surface area contributed by atoms with E-state index in [-0.39, 0.29) is 0 Å². The van der Waals surface area contributed by atoms with Crippen molar-refractivity contribution in [2.45, 2.75) is 37.5 Å². The molecule has 1 aromatic rings. The predicted molar refractivity (Wildman–Crippen MR) is 67.6 cm³/mol. The van der Waals surface area contributed by atoms with Gasteiger partial charge in [-0.25, -0.2) is 0 Å². The zero-order chi connectivity index (χ0) is 11.5. The smallest absolute Gasteiger partial charge is 0.0734 e. The van der Waals surface area contributed by atoms with Crippen LogP contribution >= 0.6 is 0 Å². The van der Waals surface area contributed by atoms with E-state index in [1.165, 1.54) is 12.8 Å². The first-order valence-corrected chi connectivity index (χ1v) is 6.34. The third-order valence-electron chi connectivity index (χ3n) is 3.57. The highest BCUT2D eigenvalue weighted by atomic mass is 16.5. The molecule has 0 spiro atoms. The molecule has 2 heterocycles. The lowest BCUT2D eigenvalue weighted by molar-refractivity contribution is 0.0979. The SMILES string of the molecule is C(#Cc1ccccc1)CNC1CC2CCC1O2. The molecule has 2 aliphatic heterocycles. The van der Waals surface area contributed by atoms with Crippen molar-refractivity contribution in [2.75, 3.05) is 6.54 Å². The number of benzene rings is 1. The lowest BCUT2D eigenvalue weighted by Gasteiger charge is -2.18. The summed E-state index contributed by atoms with van der Waals surface area (Å²) in [6, 6.07) is 10.6. The Bertz CT molecular complexity index is 431. The van der Waals surface area contributed by atoms with Gasteiger partial charge in [0, 0.05) is 11.6 Å². The van der Waals surface area contributed by atoms with E-state index in [2.05, 4.69) is 17.2 Å². The first-order chi connectivity index (χ1) is 8.42. The molecule has 0 aliphatic carbocycles. The number of ether oxygens (including phenoxy) is 1. The van der Waals surface area contributed by atoms with Crippen molar-refractivity contribution in [1.29, 1.82) is 0 Å². The highest BCUT2D eigenvalue weighted by molar-refractivity contribution is 5.33. The Hall–Kier alpha value is -1.30. The molecule has 2 nitrogen and oxygen atoms in total. The van der Waals surface area contributed by atoms with Crippen LogP contribution in [-0.2, 0) is 4.74 Å². The molecule has 2 fully saturated rings. The summed E-state index contributed by atoms with van der Waals surface area (Å²) < 4.78 is 5.79. The minimum atomic E-state index is 0.443. The number of hydrogen-bond donors (Lipinski definition) is 1. The summed E-state index contributed by atoms with van der Waals surface area (Å²) in [5, 5.41) is 3.48. The lowest BCUT2D eigenvalue weighted by Crippen LogP contribution is -2.37. The third kappa shape index (κ3) is 2.52. The highest BCUT2D eigenvalue weighted by Crippen LogP contribution is 2.34. The molecular weight excluding hydrogens is 210 g/mol. The van der Waals surface area contributed by atoms with E-state index in [1.807, 2.05) is 30.3 Å². The first-order valence-electron chi connectivity index (χ1n) is 6.34. The molecule has 1 aromatic carbocycles. The van der Waals surface area contributed by atoms with Gasteiger partial charge in [0.05, 0.1) is 18.8 Å². The van der Waals surface area contributed by atoms with Crippen molar-refractivity contribution >= 4 is 0 Å². The molecule has 0 aromatic heterocycles. The molecule has 0 radical (unpaired) electrons. The van der Waals surface area contributed by atoms with Gasteiger partial charge in [0.2, 0.25) is 0 Å². The minimum Gasteiger partial charge on any atom is -0.373 e. The molecular formula is C15H17NO. The molecule has 3 atom stereocenters. The van der Waals surface area contributed by atoms with Crippen LogP contribution < -0.4 is 5.32 Å². The lowest BCUT2D eigenvalue weighted by atomic mass is 9.95. The van der Waals surface area contributed by atoms with Crippen LogP contribution in [0.15, 0.2) is 30.3 Å². The molecule has 3 rings (SSSR count). The van der Waals surface area contributed by atoms with E-state index >= 15 is 0 Å².